The van der Waals surface area contributed by atoms with Crippen LogP contribution in [0.15, 0.2) is 4.52 Å². The van der Waals surface area contributed by atoms with Crippen molar-refractivity contribution in [1.29, 1.82) is 0 Å². The molecule has 128 valence electrons. The Balaban J connectivity index is 1.41. The molecule has 1 aromatic heterocycles. The molecule has 7 nitrogen and oxygen atoms in total. The Morgan fingerprint density at radius 2 is 2.22 bits per heavy atom. The zero-order chi connectivity index (χ0) is 16.4. The quantitative estimate of drug-likeness (QED) is 0.895. The number of carbonyl (C=O) groups is 1. The van der Waals surface area contributed by atoms with Crippen molar-refractivity contribution in [3.8, 4) is 0 Å². The second kappa shape index (κ2) is 6.47. The number of likely N-dealkylation sites (tertiary alicyclic amines) is 1. The fraction of sp³-hybridized carbons (Fsp3) is 0.812. The van der Waals surface area contributed by atoms with Crippen LogP contribution in [0.25, 0.3) is 0 Å². The molecule has 23 heavy (non-hydrogen) atoms. The van der Waals surface area contributed by atoms with E-state index in [1.54, 1.807) is 6.92 Å². The van der Waals surface area contributed by atoms with Gasteiger partial charge in [0.05, 0.1) is 11.6 Å². The molecule has 0 bridgehead atoms. The van der Waals surface area contributed by atoms with E-state index in [2.05, 4.69) is 22.4 Å². The molecule has 1 aromatic rings. The Bertz CT molecular complexity index is 553. The number of piperidine rings is 1. The number of amides is 2. The zero-order valence-electron chi connectivity index (χ0n) is 14.2. The first-order chi connectivity index (χ1) is 11.0. The molecule has 1 N–H and O–H groups in total. The largest absolute Gasteiger partial charge is 0.373 e. The van der Waals surface area contributed by atoms with Crippen LogP contribution in [0.3, 0.4) is 0 Å². The molecule has 0 aromatic carbocycles. The van der Waals surface area contributed by atoms with Crippen molar-refractivity contribution < 1.29 is 14.1 Å². The molecule has 2 atom stereocenters. The lowest BCUT2D eigenvalue weighted by atomic mass is 9.93. The lowest BCUT2D eigenvalue weighted by molar-refractivity contribution is 0.0483. The summed E-state index contributed by atoms with van der Waals surface area (Å²) < 4.78 is 10.7. The number of aromatic nitrogens is 2. The number of rotatable bonds is 5. The van der Waals surface area contributed by atoms with Crippen LogP contribution in [0.5, 0.6) is 0 Å². The fourth-order valence-electron chi connectivity index (χ4n) is 3.30. The molecule has 1 aliphatic carbocycles. The van der Waals surface area contributed by atoms with Crippen LogP contribution in [0.2, 0.25) is 0 Å². The van der Waals surface area contributed by atoms with E-state index in [4.69, 9.17) is 9.26 Å². The number of hydrogen-bond donors (Lipinski definition) is 1. The Labute approximate surface area is 136 Å². The van der Waals surface area contributed by atoms with Gasteiger partial charge in [-0.25, -0.2) is 4.79 Å². The topological polar surface area (TPSA) is 80.5 Å². The molecule has 1 aliphatic heterocycles. The van der Waals surface area contributed by atoms with Crippen LogP contribution in [0, 0.1) is 12.8 Å². The summed E-state index contributed by atoms with van der Waals surface area (Å²) in [4.78, 5) is 18.5. The van der Waals surface area contributed by atoms with E-state index < -0.39 is 0 Å². The number of urea groups is 1. The van der Waals surface area contributed by atoms with E-state index in [1.807, 2.05) is 11.8 Å². The molecule has 2 aliphatic rings. The number of ether oxygens (including phenoxy) is 1. The summed E-state index contributed by atoms with van der Waals surface area (Å²) in [5.41, 5.74) is -0.167. The van der Waals surface area contributed by atoms with Gasteiger partial charge in [-0.15, -0.1) is 0 Å². The Hall–Kier alpha value is -1.63. The molecule has 2 amide bonds. The van der Waals surface area contributed by atoms with Crippen LogP contribution in [-0.2, 0) is 11.2 Å². The third-order valence-electron chi connectivity index (χ3n) is 4.90. The summed E-state index contributed by atoms with van der Waals surface area (Å²) in [7, 11) is 0. The van der Waals surface area contributed by atoms with Gasteiger partial charge >= 0.3 is 6.03 Å². The van der Waals surface area contributed by atoms with Crippen molar-refractivity contribution in [2.24, 2.45) is 5.92 Å². The van der Waals surface area contributed by atoms with Gasteiger partial charge in [-0.2, -0.15) is 4.98 Å². The number of aryl methyl sites for hydroxylation is 1. The second-order valence-electron chi connectivity index (χ2n) is 6.82. The SMILES string of the molecule is CCO[C@@]1(C)C[C@H]1NC(=O)N1CCC(Cc2noc(C)n2)CC1. The van der Waals surface area contributed by atoms with Crippen molar-refractivity contribution in [2.75, 3.05) is 19.7 Å². The van der Waals surface area contributed by atoms with E-state index in [0.717, 1.165) is 44.6 Å². The van der Waals surface area contributed by atoms with Gasteiger partial charge in [0.1, 0.15) is 0 Å². The summed E-state index contributed by atoms with van der Waals surface area (Å²) in [6, 6.07) is 0.183. The Morgan fingerprint density at radius 3 is 2.83 bits per heavy atom. The summed E-state index contributed by atoms with van der Waals surface area (Å²) in [6.45, 7) is 8.09. The number of carbonyl (C=O) groups excluding carboxylic acids is 1. The number of nitrogens with one attached hydrogen (secondary N) is 1. The summed E-state index contributed by atoms with van der Waals surface area (Å²) in [6.07, 6.45) is 3.70. The third kappa shape index (κ3) is 3.83. The van der Waals surface area contributed by atoms with Crippen LogP contribution in [0.1, 0.15) is 44.8 Å². The molecule has 1 saturated carbocycles. The monoisotopic (exact) mass is 322 g/mol. The van der Waals surface area contributed by atoms with Gasteiger partial charge in [0.15, 0.2) is 5.82 Å². The molecule has 3 rings (SSSR count). The van der Waals surface area contributed by atoms with Gasteiger partial charge in [-0.05, 0) is 32.6 Å². The highest BCUT2D eigenvalue weighted by molar-refractivity contribution is 5.75. The predicted molar refractivity (Wildman–Crippen MR) is 84.0 cm³/mol. The average Bonchev–Trinajstić information content (AvgIpc) is 2.94. The smallest absolute Gasteiger partial charge is 0.317 e. The van der Waals surface area contributed by atoms with Crippen molar-refractivity contribution in [3.05, 3.63) is 11.7 Å². The highest BCUT2D eigenvalue weighted by Crippen LogP contribution is 2.39. The lowest BCUT2D eigenvalue weighted by Crippen LogP contribution is -2.46. The standard InChI is InChI=1S/C16H26N4O3/c1-4-22-16(3)10-13(16)18-15(21)20-7-5-12(6-8-20)9-14-17-11(2)23-19-14/h12-13H,4-10H2,1-3H3,(H,18,21)/t13-,16+/m1/s1. The van der Waals surface area contributed by atoms with E-state index in [0.29, 0.717) is 18.4 Å². The van der Waals surface area contributed by atoms with Crippen LogP contribution >= 0.6 is 0 Å². The molecule has 1 saturated heterocycles. The molecule has 0 radical (unpaired) electrons. The second-order valence-corrected chi connectivity index (χ2v) is 6.82. The minimum atomic E-state index is -0.167. The maximum atomic E-state index is 12.3. The predicted octanol–water partition coefficient (Wildman–Crippen LogP) is 1.91. The highest BCUT2D eigenvalue weighted by Gasteiger charge is 2.52. The first-order valence-corrected chi connectivity index (χ1v) is 8.49. The van der Waals surface area contributed by atoms with Crippen molar-refractivity contribution in [1.82, 2.24) is 20.4 Å². The molecule has 7 heteroatoms. The van der Waals surface area contributed by atoms with Gasteiger partial charge in [0, 0.05) is 39.5 Å². The highest BCUT2D eigenvalue weighted by atomic mass is 16.5. The maximum Gasteiger partial charge on any atom is 0.317 e. The minimum absolute atomic E-state index is 0.0345. The van der Waals surface area contributed by atoms with Crippen LogP contribution in [-0.4, -0.2) is 52.4 Å². The van der Waals surface area contributed by atoms with Crippen LogP contribution < -0.4 is 5.32 Å². The minimum Gasteiger partial charge on any atom is -0.373 e. The van der Waals surface area contributed by atoms with Crippen molar-refractivity contribution in [2.45, 2.75) is 58.1 Å². The summed E-state index contributed by atoms with van der Waals surface area (Å²) in [5, 5.41) is 7.04. The zero-order valence-corrected chi connectivity index (χ0v) is 14.2. The third-order valence-corrected chi connectivity index (χ3v) is 4.90. The molecular formula is C16H26N4O3. The van der Waals surface area contributed by atoms with E-state index >= 15 is 0 Å². The Kier molecular flexibility index (Phi) is 4.57. The van der Waals surface area contributed by atoms with Gasteiger partial charge < -0.3 is 19.5 Å². The van der Waals surface area contributed by atoms with E-state index in [-0.39, 0.29) is 17.7 Å². The fourth-order valence-corrected chi connectivity index (χ4v) is 3.30. The maximum absolute atomic E-state index is 12.3. The average molecular weight is 322 g/mol. The van der Waals surface area contributed by atoms with Gasteiger partial charge in [0.25, 0.3) is 0 Å². The molecular weight excluding hydrogens is 296 g/mol. The first-order valence-electron chi connectivity index (χ1n) is 8.49. The number of hydrogen-bond acceptors (Lipinski definition) is 5. The lowest BCUT2D eigenvalue weighted by Gasteiger charge is -2.31. The molecule has 0 unspecified atom stereocenters. The molecule has 0 spiro atoms. The van der Waals surface area contributed by atoms with E-state index in [1.165, 1.54) is 0 Å². The van der Waals surface area contributed by atoms with Crippen molar-refractivity contribution >= 4 is 6.03 Å². The van der Waals surface area contributed by atoms with E-state index in [9.17, 15) is 4.79 Å². The molecule has 2 fully saturated rings. The Morgan fingerprint density at radius 1 is 1.48 bits per heavy atom. The van der Waals surface area contributed by atoms with Gasteiger partial charge in [0.2, 0.25) is 5.89 Å². The van der Waals surface area contributed by atoms with Crippen molar-refractivity contribution in [3.63, 3.8) is 0 Å². The van der Waals surface area contributed by atoms with Gasteiger partial charge in [-0.3, -0.25) is 0 Å². The van der Waals surface area contributed by atoms with Gasteiger partial charge in [-0.1, -0.05) is 5.16 Å². The first kappa shape index (κ1) is 16.2. The summed E-state index contributed by atoms with van der Waals surface area (Å²) in [5.74, 6) is 1.90. The summed E-state index contributed by atoms with van der Waals surface area (Å²) >= 11 is 0. The number of nitrogens with zero attached hydrogens (tertiary/aromatic N) is 3. The van der Waals surface area contributed by atoms with Crippen LogP contribution in [0.4, 0.5) is 4.79 Å². The molecule has 2 heterocycles. The normalized spacial score (nSPS) is 28.0.